The van der Waals surface area contributed by atoms with Gasteiger partial charge in [0, 0.05) is 12.1 Å². The van der Waals surface area contributed by atoms with Gasteiger partial charge in [0.05, 0.1) is 12.8 Å². The van der Waals surface area contributed by atoms with Crippen molar-refractivity contribution in [1.82, 2.24) is 10.3 Å². The maximum atomic E-state index is 13.5. The van der Waals surface area contributed by atoms with Gasteiger partial charge in [-0.3, -0.25) is 20.0 Å². The molecule has 1 fully saturated rings. The fourth-order valence-electron chi connectivity index (χ4n) is 4.51. The standard InChI is InChI=1S/C27H34F3N3O4/c1-3-33(32-21-13-15-22(36-2)16-14-21)26(35)24(17-12-19-8-5-4-6-9-19)31-25(34)20-10-7-11-23(18-20)37-27(28,29)30/h7,10-11,13-16,18-19,24,32H,3-6,8-9,12,17H2,1-2H3,(H,31,34). The van der Waals surface area contributed by atoms with Gasteiger partial charge in [0.15, 0.2) is 0 Å². The summed E-state index contributed by atoms with van der Waals surface area (Å²) in [7, 11) is 1.56. The van der Waals surface area contributed by atoms with Crippen LogP contribution in [0.15, 0.2) is 48.5 Å². The molecule has 0 saturated heterocycles. The summed E-state index contributed by atoms with van der Waals surface area (Å²) in [6.07, 6.45) is 2.02. The fourth-order valence-corrected chi connectivity index (χ4v) is 4.51. The molecule has 2 amide bonds. The molecule has 0 spiro atoms. The Hall–Kier alpha value is -3.43. The number of carbonyl (C=O) groups excluding carboxylic acids is 2. The second-order valence-corrected chi connectivity index (χ2v) is 9.11. The first kappa shape index (κ1) is 28.1. The predicted octanol–water partition coefficient (Wildman–Crippen LogP) is 5.93. The molecule has 1 aliphatic rings. The van der Waals surface area contributed by atoms with E-state index in [1.54, 1.807) is 31.4 Å². The van der Waals surface area contributed by atoms with Crippen molar-refractivity contribution in [2.45, 2.75) is 64.3 Å². The van der Waals surface area contributed by atoms with E-state index in [2.05, 4.69) is 15.5 Å². The van der Waals surface area contributed by atoms with Crippen LogP contribution in [0.1, 0.15) is 62.2 Å². The maximum absolute atomic E-state index is 13.5. The first-order chi connectivity index (χ1) is 17.7. The minimum Gasteiger partial charge on any atom is -0.497 e. The van der Waals surface area contributed by atoms with E-state index >= 15 is 0 Å². The molecular weight excluding hydrogens is 487 g/mol. The van der Waals surface area contributed by atoms with Crippen LogP contribution < -0.4 is 20.2 Å². The third-order valence-corrected chi connectivity index (χ3v) is 6.46. The van der Waals surface area contributed by atoms with E-state index in [-0.39, 0.29) is 11.5 Å². The number of amides is 2. The van der Waals surface area contributed by atoms with Gasteiger partial charge in [-0.1, -0.05) is 38.2 Å². The predicted molar refractivity (Wildman–Crippen MR) is 134 cm³/mol. The van der Waals surface area contributed by atoms with Crippen LogP contribution in [0.5, 0.6) is 11.5 Å². The van der Waals surface area contributed by atoms with Crippen LogP contribution in [-0.2, 0) is 4.79 Å². The molecule has 7 nitrogen and oxygen atoms in total. The van der Waals surface area contributed by atoms with Gasteiger partial charge in [-0.05, 0) is 68.1 Å². The highest BCUT2D eigenvalue weighted by atomic mass is 19.4. The summed E-state index contributed by atoms with van der Waals surface area (Å²) in [4.78, 5) is 26.6. The minimum absolute atomic E-state index is 0.0246. The lowest BCUT2D eigenvalue weighted by atomic mass is 9.85. The summed E-state index contributed by atoms with van der Waals surface area (Å²) in [5.41, 5.74) is 3.72. The Balaban J connectivity index is 1.75. The number of hydrogen-bond acceptors (Lipinski definition) is 5. The number of ether oxygens (including phenoxy) is 2. The normalized spacial score (nSPS) is 14.9. The summed E-state index contributed by atoms with van der Waals surface area (Å²) in [5, 5.41) is 4.18. The van der Waals surface area contributed by atoms with Crippen LogP contribution in [0.25, 0.3) is 0 Å². The Morgan fingerprint density at radius 2 is 1.76 bits per heavy atom. The number of methoxy groups -OCH3 is 1. The van der Waals surface area contributed by atoms with Crippen molar-refractivity contribution in [2.75, 3.05) is 19.1 Å². The Kier molecular flexibility index (Phi) is 10.0. The molecule has 0 heterocycles. The van der Waals surface area contributed by atoms with Gasteiger partial charge >= 0.3 is 6.36 Å². The number of nitrogens with zero attached hydrogens (tertiary/aromatic N) is 1. The summed E-state index contributed by atoms with van der Waals surface area (Å²) in [6.45, 7) is 2.14. The molecule has 202 valence electrons. The third kappa shape index (κ3) is 8.87. The monoisotopic (exact) mass is 521 g/mol. The molecule has 3 rings (SSSR count). The van der Waals surface area contributed by atoms with Crippen molar-refractivity contribution < 1.29 is 32.2 Å². The van der Waals surface area contributed by atoms with Crippen LogP contribution in [0.2, 0.25) is 0 Å². The molecule has 1 saturated carbocycles. The highest BCUT2D eigenvalue weighted by molar-refractivity contribution is 5.98. The Morgan fingerprint density at radius 3 is 2.38 bits per heavy atom. The molecular formula is C27H34F3N3O4. The SMILES string of the molecule is CCN(Nc1ccc(OC)cc1)C(=O)C(CCC1CCCCC1)NC(=O)c1cccc(OC(F)(F)F)c1. The van der Waals surface area contributed by atoms with Gasteiger partial charge in [-0.2, -0.15) is 0 Å². The van der Waals surface area contributed by atoms with E-state index in [9.17, 15) is 22.8 Å². The van der Waals surface area contributed by atoms with E-state index in [1.807, 2.05) is 6.92 Å². The second-order valence-electron chi connectivity index (χ2n) is 9.11. The number of alkyl halides is 3. The zero-order valence-electron chi connectivity index (χ0n) is 21.1. The maximum Gasteiger partial charge on any atom is 0.573 e. The number of anilines is 1. The first-order valence-electron chi connectivity index (χ1n) is 12.6. The number of likely N-dealkylation sites (N-methyl/N-ethyl adjacent to an activating group) is 1. The van der Waals surface area contributed by atoms with Gasteiger partial charge in [0.2, 0.25) is 0 Å². The zero-order valence-corrected chi connectivity index (χ0v) is 21.1. The highest BCUT2D eigenvalue weighted by Crippen LogP contribution is 2.28. The molecule has 1 aliphatic carbocycles. The topological polar surface area (TPSA) is 79.9 Å². The van der Waals surface area contributed by atoms with Crippen LogP contribution >= 0.6 is 0 Å². The molecule has 37 heavy (non-hydrogen) atoms. The van der Waals surface area contributed by atoms with E-state index < -0.39 is 24.1 Å². The van der Waals surface area contributed by atoms with E-state index in [4.69, 9.17) is 4.74 Å². The lowest BCUT2D eigenvalue weighted by Crippen LogP contribution is -2.50. The molecule has 10 heteroatoms. The Bertz CT molecular complexity index is 1020. The molecule has 0 aromatic heterocycles. The van der Waals surface area contributed by atoms with Crippen molar-refractivity contribution >= 4 is 17.5 Å². The zero-order chi connectivity index (χ0) is 26.8. The van der Waals surface area contributed by atoms with E-state index in [0.29, 0.717) is 30.3 Å². The minimum atomic E-state index is -4.87. The molecule has 0 radical (unpaired) electrons. The van der Waals surface area contributed by atoms with Gasteiger partial charge in [-0.25, -0.2) is 0 Å². The number of hydrazine groups is 1. The lowest BCUT2D eigenvalue weighted by Gasteiger charge is -2.29. The average Bonchev–Trinajstić information content (AvgIpc) is 2.89. The smallest absolute Gasteiger partial charge is 0.497 e. The van der Waals surface area contributed by atoms with Crippen LogP contribution in [0.3, 0.4) is 0 Å². The van der Waals surface area contributed by atoms with Crippen molar-refractivity contribution in [1.29, 1.82) is 0 Å². The summed E-state index contributed by atoms with van der Waals surface area (Å²) in [5.74, 6) is -0.315. The quantitative estimate of drug-likeness (QED) is 0.359. The van der Waals surface area contributed by atoms with Gasteiger partial charge in [0.1, 0.15) is 17.5 Å². The Morgan fingerprint density at radius 1 is 1.05 bits per heavy atom. The molecule has 0 bridgehead atoms. The molecule has 0 aliphatic heterocycles. The number of rotatable bonds is 11. The van der Waals surface area contributed by atoms with Gasteiger partial charge in [0.25, 0.3) is 11.8 Å². The Labute approximate surface area is 215 Å². The summed E-state index contributed by atoms with van der Waals surface area (Å²) in [6, 6.07) is 11.0. The van der Waals surface area contributed by atoms with Crippen LogP contribution in [0, 0.1) is 5.92 Å². The molecule has 1 atom stereocenters. The number of hydrogen-bond donors (Lipinski definition) is 2. The number of halogens is 3. The fraction of sp³-hybridized carbons (Fsp3) is 0.481. The molecule has 2 aromatic rings. The van der Waals surface area contributed by atoms with Crippen LogP contribution in [0.4, 0.5) is 18.9 Å². The second kappa shape index (κ2) is 13.2. The molecule has 1 unspecified atom stereocenters. The largest absolute Gasteiger partial charge is 0.573 e. The molecule has 2 aromatic carbocycles. The summed E-state index contributed by atoms with van der Waals surface area (Å²) < 4.78 is 47.0. The number of benzene rings is 2. The van der Waals surface area contributed by atoms with Gasteiger partial charge < -0.3 is 14.8 Å². The summed E-state index contributed by atoms with van der Waals surface area (Å²) >= 11 is 0. The third-order valence-electron chi connectivity index (χ3n) is 6.46. The van der Waals surface area contributed by atoms with Crippen molar-refractivity contribution in [3.63, 3.8) is 0 Å². The van der Waals surface area contributed by atoms with E-state index in [1.165, 1.54) is 23.6 Å². The number of nitrogens with one attached hydrogen (secondary N) is 2. The van der Waals surface area contributed by atoms with Crippen molar-refractivity contribution in [3.05, 3.63) is 54.1 Å². The van der Waals surface area contributed by atoms with Crippen molar-refractivity contribution in [3.8, 4) is 11.5 Å². The molecule has 2 N–H and O–H groups in total. The highest BCUT2D eigenvalue weighted by Gasteiger charge is 2.32. The lowest BCUT2D eigenvalue weighted by molar-refractivity contribution is -0.274. The number of carbonyl (C=O) groups is 2. The van der Waals surface area contributed by atoms with E-state index in [0.717, 1.165) is 44.2 Å². The van der Waals surface area contributed by atoms with Crippen LogP contribution in [-0.4, -0.2) is 42.9 Å². The van der Waals surface area contributed by atoms with Crippen molar-refractivity contribution in [2.24, 2.45) is 5.92 Å². The first-order valence-corrected chi connectivity index (χ1v) is 12.6. The van der Waals surface area contributed by atoms with Gasteiger partial charge in [-0.15, -0.1) is 13.2 Å². The average molecular weight is 522 g/mol.